The summed E-state index contributed by atoms with van der Waals surface area (Å²) in [4.78, 5) is 24.3. The molecule has 0 aliphatic heterocycles. The number of carbonyl (C=O) groups is 2. The van der Waals surface area contributed by atoms with Gasteiger partial charge >= 0.3 is 0 Å². The number of amides is 2. The Kier molecular flexibility index (Phi) is 8.36. The average molecular weight is 368 g/mol. The molecule has 0 bridgehead atoms. The third kappa shape index (κ3) is 7.13. The Labute approximate surface area is 161 Å². The van der Waals surface area contributed by atoms with Gasteiger partial charge in [-0.15, -0.1) is 0 Å². The largest absolute Gasteiger partial charge is 0.494 e. The highest BCUT2D eigenvalue weighted by Gasteiger charge is 2.08. The maximum absolute atomic E-state index is 12.4. The number of ether oxygens (including phenoxy) is 1. The van der Waals surface area contributed by atoms with Crippen molar-refractivity contribution >= 4 is 23.2 Å². The molecule has 2 aromatic carbocycles. The summed E-state index contributed by atoms with van der Waals surface area (Å²) in [6.45, 7) is 4.84. The van der Waals surface area contributed by atoms with E-state index in [4.69, 9.17) is 4.74 Å². The Hall–Kier alpha value is -2.82. The molecule has 27 heavy (non-hydrogen) atoms. The molecule has 0 aliphatic carbocycles. The van der Waals surface area contributed by atoms with Crippen LogP contribution in [0.3, 0.4) is 0 Å². The van der Waals surface area contributed by atoms with E-state index < -0.39 is 0 Å². The quantitative estimate of drug-likeness (QED) is 0.563. The maximum atomic E-state index is 12.4. The first-order valence-corrected chi connectivity index (χ1v) is 9.56. The molecule has 5 heteroatoms. The van der Waals surface area contributed by atoms with Gasteiger partial charge in [0.15, 0.2) is 0 Å². The zero-order chi connectivity index (χ0) is 19.5. The highest BCUT2D eigenvalue weighted by Crippen LogP contribution is 2.18. The van der Waals surface area contributed by atoms with Gasteiger partial charge in [0.25, 0.3) is 5.91 Å². The highest BCUT2D eigenvalue weighted by molar-refractivity contribution is 6.04. The molecule has 0 fully saturated rings. The van der Waals surface area contributed by atoms with E-state index >= 15 is 0 Å². The number of hydrogen-bond acceptors (Lipinski definition) is 3. The molecule has 144 valence electrons. The lowest BCUT2D eigenvalue weighted by molar-refractivity contribution is -0.116. The van der Waals surface area contributed by atoms with Crippen molar-refractivity contribution in [2.45, 2.75) is 46.0 Å². The van der Waals surface area contributed by atoms with Crippen LogP contribution >= 0.6 is 0 Å². The molecule has 2 N–H and O–H groups in total. The van der Waals surface area contributed by atoms with E-state index in [1.54, 1.807) is 42.5 Å². The molecule has 0 aromatic heterocycles. The number of nitrogens with one attached hydrogen (secondary N) is 2. The second-order valence-corrected chi connectivity index (χ2v) is 6.41. The van der Waals surface area contributed by atoms with Gasteiger partial charge in [0.1, 0.15) is 5.75 Å². The standard InChI is InChI=1S/C22H28N2O3/c1-3-5-10-21(25)23-18-8-7-9-19(16-18)24-22(26)17-11-13-20(14-12-17)27-15-6-4-2/h7-9,11-14,16H,3-6,10,15H2,1-2H3,(H,23,25)(H,24,26). The third-order valence-corrected chi connectivity index (χ3v) is 4.04. The molecule has 0 radical (unpaired) electrons. The van der Waals surface area contributed by atoms with Crippen molar-refractivity contribution in [3.8, 4) is 5.75 Å². The molecular formula is C22H28N2O3. The van der Waals surface area contributed by atoms with Crippen LogP contribution in [0.1, 0.15) is 56.3 Å². The Morgan fingerprint density at radius 1 is 0.889 bits per heavy atom. The van der Waals surface area contributed by atoms with Gasteiger partial charge in [0.2, 0.25) is 5.91 Å². The molecule has 2 rings (SSSR count). The van der Waals surface area contributed by atoms with Gasteiger partial charge in [-0.25, -0.2) is 0 Å². The van der Waals surface area contributed by atoms with Crippen molar-refractivity contribution in [2.75, 3.05) is 17.2 Å². The number of benzene rings is 2. The molecule has 0 saturated heterocycles. The maximum Gasteiger partial charge on any atom is 0.255 e. The summed E-state index contributed by atoms with van der Waals surface area (Å²) in [5, 5.41) is 5.71. The van der Waals surface area contributed by atoms with Crippen molar-refractivity contribution < 1.29 is 14.3 Å². The zero-order valence-electron chi connectivity index (χ0n) is 16.1. The fraction of sp³-hybridized carbons (Fsp3) is 0.364. The fourth-order valence-corrected chi connectivity index (χ4v) is 2.48. The van der Waals surface area contributed by atoms with Crippen molar-refractivity contribution in [3.63, 3.8) is 0 Å². The molecule has 5 nitrogen and oxygen atoms in total. The normalized spacial score (nSPS) is 10.3. The van der Waals surface area contributed by atoms with E-state index in [1.165, 1.54) is 0 Å². The van der Waals surface area contributed by atoms with Gasteiger partial charge in [-0.1, -0.05) is 32.8 Å². The highest BCUT2D eigenvalue weighted by atomic mass is 16.5. The van der Waals surface area contributed by atoms with Crippen LogP contribution in [0.5, 0.6) is 5.75 Å². The number of carbonyl (C=O) groups excluding carboxylic acids is 2. The monoisotopic (exact) mass is 368 g/mol. The molecule has 0 aliphatic rings. The predicted molar refractivity (Wildman–Crippen MR) is 109 cm³/mol. The number of hydrogen-bond donors (Lipinski definition) is 2. The van der Waals surface area contributed by atoms with E-state index in [1.807, 2.05) is 13.0 Å². The van der Waals surface area contributed by atoms with E-state index in [9.17, 15) is 9.59 Å². The van der Waals surface area contributed by atoms with Crippen LogP contribution in [0.15, 0.2) is 48.5 Å². The summed E-state index contributed by atoms with van der Waals surface area (Å²) in [7, 11) is 0. The molecule has 0 atom stereocenters. The summed E-state index contributed by atoms with van der Waals surface area (Å²) < 4.78 is 5.61. The van der Waals surface area contributed by atoms with Crippen molar-refractivity contribution in [1.29, 1.82) is 0 Å². The van der Waals surface area contributed by atoms with E-state index in [2.05, 4.69) is 17.6 Å². The van der Waals surface area contributed by atoms with Crippen LogP contribution in [-0.2, 0) is 4.79 Å². The Morgan fingerprint density at radius 3 is 2.22 bits per heavy atom. The Bertz CT molecular complexity index is 741. The lowest BCUT2D eigenvalue weighted by atomic mass is 10.2. The molecule has 0 heterocycles. The zero-order valence-corrected chi connectivity index (χ0v) is 16.1. The van der Waals surface area contributed by atoms with Crippen LogP contribution in [0, 0.1) is 0 Å². The number of rotatable bonds is 10. The summed E-state index contributed by atoms with van der Waals surface area (Å²) >= 11 is 0. The topological polar surface area (TPSA) is 67.4 Å². The van der Waals surface area contributed by atoms with Gasteiger partial charge in [-0.05, 0) is 55.3 Å². The number of unbranched alkanes of at least 4 members (excludes halogenated alkanes) is 2. The van der Waals surface area contributed by atoms with Crippen LogP contribution in [-0.4, -0.2) is 18.4 Å². The first kappa shape index (κ1) is 20.5. The van der Waals surface area contributed by atoms with Gasteiger partial charge < -0.3 is 15.4 Å². The molecule has 2 amide bonds. The molecule has 0 unspecified atom stereocenters. The summed E-state index contributed by atoms with van der Waals surface area (Å²) in [6.07, 6.45) is 4.43. The molecule has 2 aromatic rings. The minimum Gasteiger partial charge on any atom is -0.494 e. The van der Waals surface area contributed by atoms with Crippen LogP contribution in [0.4, 0.5) is 11.4 Å². The van der Waals surface area contributed by atoms with Crippen LogP contribution < -0.4 is 15.4 Å². The van der Waals surface area contributed by atoms with E-state index in [0.29, 0.717) is 30.0 Å². The first-order valence-electron chi connectivity index (χ1n) is 9.56. The predicted octanol–water partition coefficient (Wildman–Crippen LogP) is 5.25. The minimum atomic E-state index is -0.204. The summed E-state index contributed by atoms with van der Waals surface area (Å²) in [6, 6.07) is 14.2. The summed E-state index contributed by atoms with van der Waals surface area (Å²) in [5.74, 6) is 0.542. The lowest BCUT2D eigenvalue weighted by Crippen LogP contribution is -2.13. The SMILES string of the molecule is CCCCOc1ccc(C(=O)Nc2cccc(NC(=O)CCCC)c2)cc1. The smallest absolute Gasteiger partial charge is 0.255 e. The van der Waals surface area contributed by atoms with Crippen molar-refractivity contribution in [1.82, 2.24) is 0 Å². The van der Waals surface area contributed by atoms with Gasteiger partial charge in [-0.2, -0.15) is 0 Å². The molecular weight excluding hydrogens is 340 g/mol. The molecule has 0 spiro atoms. The van der Waals surface area contributed by atoms with Crippen LogP contribution in [0.25, 0.3) is 0 Å². The fourth-order valence-electron chi connectivity index (χ4n) is 2.48. The third-order valence-electron chi connectivity index (χ3n) is 4.04. The molecule has 0 saturated carbocycles. The van der Waals surface area contributed by atoms with Gasteiger partial charge in [-0.3, -0.25) is 9.59 Å². The van der Waals surface area contributed by atoms with Gasteiger partial charge in [0, 0.05) is 23.4 Å². The van der Waals surface area contributed by atoms with E-state index in [0.717, 1.165) is 31.4 Å². The van der Waals surface area contributed by atoms with E-state index in [-0.39, 0.29) is 11.8 Å². The Morgan fingerprint density at radius 2 is 1.56 bits per heavy atom. The second-order valence-electron chi connectivity index (χ2n) is 6.41. The van der Waals surface area contributed by atoms with Crippen molar-refractivity contribution in [2.24, 2.45) is 0 Å². The van der Waals surface area contributed by atoms with Gasteiger partial charge in [0.05, 0.1) is 6.61 Å². The minimum absolute atomic E-state index is 0.0148. The second kappa shape index (κ2) is 11.0. The first-order chi connectivity index (χ1) is 13.1. The van der Waals surface area contributed by atoms with Crippen LogP contribution in [0.2, 0.25) is 0 Å². The summed E-state index contributed by atoms with van der Waals surface area (Å²) in [5.41, 5.74) is 1.86. The number of anilines is 2. The average Bonchev–Trinajstić information content (AvgIpc) is 2.67. The lowest BCUT2D eigenvalue weighted by Gasteiger charge is -2.10. The Balaban J connectivity index is 1.93. The van der Waals surface area contributed by atoms with Crippen molar-refractivity contribution in [3.05, 3.63) is 54.1 Å².